The number of hydrogen-bond donors (Lipinski definition) is 1. The van der Waals surface area contributed by atoms with Crippen molar-refractivity contribution in [1.82, 2.24) is 4.90 Å². The van der Waals surface area contributed by atoms with Crippen molar-refractivity contribution in [2.75, 3.05) is 44.7 Å². The minimum atomic E-state index is 0.638. The molecule has 0 spiro atoms. The molecule has 1 fully saturated rings. The Hall–Kier alpha value is -1.33. The number of piperazine rings is 1. The molecule has 1 heterocycles. The fraction of sp³-hybridized carbons (Fsp3) is 0.562. The van der Waals surface area contributed by atoms with Gasteiger partial charge in [0, 0.05) is 31.9 Å². The molecule has 4 nitrogen and oxygen atoms in total. The van der Waals surface area contributed by atoms with Crippen LogP contribution in [0.2, 0.25) is 0 Å². The van der Waals surface area contributed by atoms with E-state index in [1.165, 1.54) is 12.1 Å². The average Bonchev–Trinajstić information content (AvgIpc) is 2.52. The van der Waals surface area contributed by atoms with E-state index in [1.54, 1.807) is 7.11 Å². The van der Waals surface area contributed by atoms with E-state index in [-0.39, 0.29) is 0 Å². The molecule has 0 amide bonds. The van der Waals surface area contributed by atoms with Gasteiger partial charge in [-0.05, 0) is 50.1 Å². The molecule has 116 valence electrons. The van der Waals surface area contributed by atoms with Gasteiger partial charge >= 0.3 is 0 Å². The van der Waals surface area contributed by atoms with Crippen LogP contribution in [0.3, 0.4) is 0 Å². The van der Waals surface area contributed by atoms with Crippen LogP contribution in [0.25, 0.3) is 0 Å². The number of hydrogen-bond acceptors (Lipinski definition) is 4. The van der Waals surface area contributed by atoms with Crippen molar-refractivity contribution >= 4 is 22.9 Å². The van der Waals surface area contributed by atoms with E-state index >= 15 is 0 Å². The summed E-state index contributed by atoms with van der Waals surface area (Å²) in [5.41, 5.74) is 6.80. The summed E-state index contributed by atoms with van der Waals surface area (Å²) in [6.07, 6.45) is 3.16. The quantitative estimate of drug-likeness (QED) is 0.618. The van der Waals surface area contributed by atoms with E-state index < -0.39 is 0 Å². The van der Waals surface area contributed by atoms with Crippen molar-refractivity contribution in [1.29, 1.82) is 0 Å². The lowest BCUT2D eigenvalue weighted by Gasteiger charge is -2.36. The van der Waals surface area contributed by atoms with Gasteiger partial charge in [0.15, 0.2) is 0 Å². The Kier molecular flexibility index (Phi) is 6.26. The maximum absolute atomic E-state index is 5.52. The molecule has 0 aromatic heterocycles. The average molecular weight is 307 g/mol. The SMILES string of the molecule is COc1ccc(N2CCN(CCCCC(N)=S)CC2)cc1. The molecule has 1 saturated heterocycles. The molecular formula is C16H25N3OS. The van der Waals surface area contributed by atoms with E-state index in [4.69, 9.17) is 22.7 Å². The van der Waals surface area contributed by atoms with E-state index in [2.05, 4.69) is 21.9 Å². The summed E-state index contributed by atoms with van der Waals surface area (Å²) in [5, 5.41) is 0. The summed E-state index contributed by atoms with van der Waals surface area (Å²) in [6, 6.07) is 8.32. The van der Waals surface area contributed by atoms with Gasteiger partial charge in [-0.25, -0.2) is 0 Å². The highest BCUT2D eigenvalue weighted by Crippen LogP contribution is 2.20. The van der Waals surface area contributed by atoms with Crippen LogP contribution in [-0.2, 0) is 0 Å². The zero-order valence-electron chi connectivity index (χ0n) is 12.8. The van der Waals surface area contributed by atoms with Gasteiger partial charge < -0.3 is 15.4 Å². The fourth-order valence-corrected chi connectivity index (χ4v) is 2.80. The summed E-state index contributed by atoms with van der Waals surface area (Å²) >= 11 is 4.90. The van der Waals surface area contributed by atoms with Crippen LogP contribution in [0.1, 0.15) is 19.3 Å². The molecule has 2 N–H and O–H groups in total. The van der Waals surface area contributed by atoms with E-state index in [1.807, 2.05) is 12.1 Å². The van der Waals surface area contributed by atoms with Crippen LogP contribution >= 0.6 is 12.2 Å². The van der Waals surface area contributed by atoms with Crippen molar-refractivity contribution in [3.8, 4) is 5.75 Å². The largest absolute Gasteiger partial charge is 0.497 e. The molecule has 0 saturated carbocycles. The van der Waals surface area contributed by atoms with Gasteiger partial charge in [-0.1, -0.05) is 12.2 Å². The Morgan fingerprint density at radius 2 is 1.81 bits per heavy atom. The third-order valence-electron chi connectivity index (χ3n) is 3.96. The molecule has 1 aliphatic rings. The number of ether oxygens (including phenoxy) is 1. The molecule has 2 rings (SSSR count). The molecule has 0 unspecified atom stereocenters. The number of anilines is 1. The van der Waals surface area contributed by atoms with Gasteiger partial charge in [0.2, 0.25) is 0 Å². The summed E-state index contributed by atoms with van der Waals surface area (Å²) in [4.78, 5) is 5.60. The first-order chi connectivity index (χ1) is 10.2. The van der Waals surface area contributed by atoms with E-state index in [0.717, 1.165) is 51.3 Å². The highest BCUT2D eigenvalue weighted by atomic mass is 32.1. The van der Waals surface area contributed by atoms with Crippen LogP contribution in [0.15, 0.2) is 24.3 Å². The number of benzene rings is 1. The monoisotopic (exact) mass is 307 g/mol. The smallest absolute Gasteiger partial charge is 0.119 e. The molecule has 0 atom stereocenters. The molecule has 21 heavy (non-hydrogen) atoms. The van der Waals surface area contributed by atoms with Crippen LogP contribution in [-0.4, -0.2) is 49.7 Å². The standard InChI is InChI=1S/C16H25N3OS/c1-20-15-7-5-14(6-8-15)19-12-10-18(11-13-19)9-3-2-4-16(17)21/h5-8H,2-4,9-13H2,1H3,(H2,17,21). The molecule has 5 heteroatoms. The van der Waals surface area contributed by atoms with Crippen molar-refractivity contribution in [2.24, 2.45) is 5.73 Å². The van der Waals surface area contributed by atoms with Crippen molar-refractivity contribution in [3.63, 3.8) is 0 Å². The summed E-state index contributed by atoms with van der Waals surface area (Å²) < 4.78 is 5.20. The van der Waals surface area contributed by atoms with Gasteiger partial charge in [0.1, 0.15) is 5.75 Å². The first kappa shape index (κ1) is 16.0. The van der Waals surface area contributed by atoms with Crippen molar-refractivity contribution in [3.05, 3.63) is 24.3 Å². The fourth-order valence-electron chi connectivity index (χ4n) is 2.66. The minimum Gasteiger partial charge on any atom is -0.497 e. The van der Waals surface area contributed by atoms with Gasteiger partial charge in [0.25, 0.3) is 0 Å². The molecule has 0 aliphatic carbocycles. The third kappa shape index (κ3) is 5.17. The minimum absolute atomic E-state index is 0.638. The van der Waals surface area contributed by atoms with Gasteiger partial charge in [-0.3, -0.25) is 4.90 Å². The third-order valence-corrected chi connectivity index (χ3v) is 4.16. The van der Waals surface area contributed by atoms with Gasteiger partial charge in [-0.15, -0.1) is 0 Å². The molecule has 0 radical (unpaired) electrons. The number of nitrogens with zero attached hydrogens (tertiary/aromatic N) is 2. The van der Waals surface area contributed by atoms with Gasteiger partial charge in [-0.2, -0.15) is 0 Å². The maximum Gasteiger partial charge on any atom is 0.119 e. The molecule has 0 bridgehead atoms. The lowest BCUT2D eigenvalue weighted by molar-refractivity contribution is 0.253. The highest BCUT2D eigenvalue weighted by molar-refractivity contribution is 7.80. The second-order valence-electron chi connectivity index (χ2n) is 5.45. The number of thiocarbonyl (C=S) groups is 1. The zero-order chi connectivity index (χ0) is 15.1. The molecule has 1 aromatic carbocycles. The van der Waals surface area contributed by atoms with E-state index in [0.29, 0.717) is 4.99 Å². The van der Waals surface area contributed by atoms with Crippen molar-refractivity contribution in [2.45, 2.75) is 19.3 Å². The Morgan fingerprint density at radius 3 is 2.38 bits per heavy atom. The van der Waals surface area contributed by atoms with Crippen molar-refractivity contribution < 1.29 is 4.74 Å². The molecule has 1 aromatic rings. The Bertz CT molecular complexity index is 441. The topological polar surface area (TPSA) is 41.7 Å². The zero-order valence-corrected chi connectivity index (χ0v) is 13.6. The summed E-state index contributed by atoms with van der Waals surface area (Å²) in [6.45, 7) is 5.57. The summed E-state index contributed by atoms with van der Waals surface area (Å²) in [7, 11) is 1.70. The lowest BCUT2D eigenvalue weighted by atomic mass is 10.2. The first-order valence-electron chi connectivity index (χ1n) is 7.58. The van der Waals surface area contributed by atoms with Gasteiger partial charge in [0.05, 0.1) is 12.1 Å². The van der Waals surface area contributed by atoms with Crippen LogP contribution in [0.4, 0.5) is 5.69 Å². The number of nitrogens with two attached hydrogens (primary N) is 1. The number of methoxy groups -OCH3 is 1. The predicted molar refractivity (Wildman–Crippen MR) is 92.3 cm³/mol. The summed E-state index contributed by atoms with van der Waals surface area (Å²) in [5.74, 6) is 0.912. The van der Waals surface area contributed by atoms with Crippen LogP contribution in [0.5, 0.6) is 5.75 Å². The first-order valence-corrected chi connectivity index (χ1v) is 7.99. The second-order valence-corrected chi connectivity index (χ2v) is 5.97. The van der Waals surface area contributed by atoms with Crippen LogP contribution in [0, 0.1) is 0 Å². The number of rotatable bonds is 7. The lowest BCUT2D eigenvalue weighted by Crippen LogP contribution is -2.46. The normalized spacial score (nSPS) is 16.0. The van der Waals surface area contributed by atoms with Crippen LogP contribution < -0.4 is 15.4 Å². The second kappa shape index (κ2) is 8.20. The Labute approximate surface area is 132 Å². The Morgan fingerprint density at radius 1 is 1.14 bits per heavy atom. The molecule has 1 aliphatic heterocycles. The Balaban J connectivity index is 1.71. The number of unbranched alkanes of at least 4 members (excludes halogenated alkanes) is 1. The predicted octanol–water partition coefficient (Wildman–Crippen LogP) is 2.27. The maximum atomic E-state index is 5.52. The van der Waals surface area contributed by atoms with E-state index in [9.17, 15) is 0 Å². The molecular weight excluding hydrogens is 282 g/mol. The highest BCUT2D eigenvalue weighted by Gasteiger charge is 2.16.